The third-order valence-corrected chi connectivity index (χ3v) is 5.01. The molecular weight excluding hydrogens is 386 g/mol. The molecule has 8 heteroatoms. The Morgan fingerprint density at radius 1 is 1.00 bits per heavy atom. The molecule has 7 nitrogen and oxygen atoms in total. The van der Waals surface area contributed by atoms with Crippen LogP contribution in [0.3, 0.4) is 0 Å². The third-order valence-electron chi connectivity index (χ3n) is 4.08. The summed E-state index contributed by atoms with van der Waals surface area (Å²) in [5.41, 5.74) is 3.21. The quantitative estimate of drug-likeness (QED) is 0.527. The summed E-state index contributed by atoms with van der Waals surface area (Å²) in [5, 5.41) is 6.04. The molecule has 4 rings (SSSR count). The first-order chi connectivity index (χ1) is 14.1. The van der Waals surface area contributed by atoms with Gasteiger partial charge in [-0.25, -0.2) is 9.97 Å². The second kappa shape index (κ2) is 8.15. The summed E-state index contributed by atoms with van der Waals surface area (Å²) in [4.78, 5) is 36.6. The Bertz CT molecular complexity index is 1190. The first kappa shape index (κ1) is 18.7. The number of nitrogens with zero attached hydrogens (tertiary/aromatic N) is 3. The van der Waals surface area contributed by atoms with E-state index in [0.717, 1.165) is 21.3 Å². The van der Waals surface area contributed by atoms with Crippen LogP contribution in [0.2, 0.25) is 0 Å². The van der Waals surface area contributed by atoms with Crippen LogP contribution in [0.5, 0.6) is 0 Å². The molecule has 0 atom stereocenters. The molecule has 144 valence electrons. The van der Waals surface area contributed by atoms with Crippen LogP contribution in [0.1, 0.15) is 12.5 Å². The van der Waals surface area contributed by atoms with Gasteiger partial charge in [0.15, 0.2) is 10.9 Å². The summed E-state index contributed by atoms with van der Waals surface area (Å²) < 4.78 is 0.923. The van der Waals surface area contributed by atoms with Gasteiger partial charge in [0, 0.05) is 12.5 Å². The molecule has 2 aromatic carbocycles. The van der Waals surface area contributed by atoms with Crippen molar-refractivity contribution in [2.75, 3.05) is 10.6 Å². The van der Waals surface area contributed by atoms with Gasteiger partial charge in [-0.2, -0.15) is 0 Å². The van der Waals surface area contributed by atoms with E-state index in [9.17, 15) is 9.59 Å². The summed E-state index contributed by atoms with van der Waals surface area (Å²) >= 11 is 1.39. The van der Waals surface area contributed by atoms with Crippen LogP contribution in [-0.2, 0) is 16.0 Å². The Kier molecular flexibility index (Phi) is 5.26. The number of hydrogen-bond donors (Lipinski definition) is 2. The van der Waals surface area contributed by atoms with E-state index >= 15 is 0 Å². The lowest BCUT2D eigenvalue weighted by Gasteiger charge is -2.06. The van der Waals surface area contributed by atoms with Gasteiger partial charge in [0.1, 0.15) is 0 Å². The summed E-state index contributed by atoms with van der Waals surface area (Å²) in [6.07, 6.45) is 3.43. The Balaban J connectivity index is 1.53. The van der Waals surface area contributed by atoms with E-state index in [2.05, 4.69) is 25.6 Å². The van der Waals surface area contributed by atoms with Crippen molar-refractivity contribution >= 4 is 44.3 Å². The molecule has 0 bridgehead atoms. The number of thiazole rings is 1. The van der Waals surface area contributed by atoms with Gasteiger partial charge in [0.05, 0.1) is 34.7 Å². The fourth-order valence-corrected chi connectivity index (χ4v) is 3.77. The smallest absolute Gasteiger partial charge is 0.229 e. The van der Waals surface area contributed by atoms with Crippen LogP contribution >= 0.6 is 11.3 Å². The topological polar surface area (TPSA) is 96.9 Å². The molecule has 0 aliphatic carbocycles. The van der Waals surface area contributed by atoms with Crippen LogP contribution < -0.4 is 10.6 Å². The number of aromatic nitrogens is 3. The van der Waals surface area contributed by atoms with E-state index in [1.54, 1.807) is 6.20 Å². The highest BCUT2D eigenvalue weighted by Gasteiger charge is 2.10. The van der Waals surface area contributed by atoms with Crippen molar-refractivity contribution in [3.05, 3.63) is 66.5 Å². The van der Waals surface area contributed by atoms with Gasteiger partial charge >= 0.3 is 0 Å². The summed E-state index contributed by atoms with van der Waals surface area (Å²) in [6.45, 7) is 1.45. The monoisotopic (exact) mass is 403 g/mol. The summed E-state index contributed by atoms with van der Waals surface area (Å²) in [6, 6.07) is 15.2. The number of nitrogens with one attached hydrogen (secondary N) is 2. The number of carbonyl (C=O) groups excluding carboxylic acids is 2. The Labute approximate surface area is 170 Å². The highest BCUT2D eigenvalue weighted by molar-refractivity contribution is 7.22. The Morgan fingerprint density at radius 2 is 1.83 bits per heavy atom. The molecule has 0 unspecified atom stereocenters. The molecule has 0 fully saturated rings. The number of hydrogen-bond acceptors (Lipinski definition) is 6. The van der Waals surface area contributed by atoms with E-state index in [0.29, 0.717) is 16.6 Å². The van der Waals surface area contributed by atoms with Crippen LogP contribution in [0.25, 0.3) is 21.5 Å². The second-order valence-corrected chi connectivity index (χ2v) is 7.41. The van der Waals surface area contributed by atoms with Gasteiger partial charge in [0.25, 0.3) is 0 Å². The maximum Gasteiger partial charge on any atom is 0.229 e. The lowest BCUT2D eigenvalue weighted by atomic mass is 10.1. The summed E-state index contributed by atoms with van der Waals surface area (Å²) in [7, 11) is 0. The number of benzene rings is 2. The zero-order valence-corrected chi connectivity index (χ0v) is 16.4. The van der Waals surface area contributed by atoms with E-state index in [4.69, 9.17) is 0 Å². The second-order valence-electron chi connectivity index (χ2n) is 6.38. The summed E-state index contributed by atoms with van der Waals surface area (Å²) in [5.74, 6) is 0.0846. The van der Waals surface area contributed by atoms with Crippen molar-refractivity contribution in [3.8, 4) is 11.3 Å². The lowest BCUT2D eigenvalue weighted by molar-refractivity contribution is -0.116. The maximum atomic E-state index is 12.3. The average molecular weight is 403 g/mol. The molecule has 0 saturated carbocycles. The molecule has 0 spiro atoms. The zero-order chi connectivity index (χ0) is 20.2. The van der Waals surface area contributed by atoms with Crippen molar-refractivity contribution in [3.63, 3.8) is 0 Å². The van der Waals surface area contributed by atoms with Crippen molar-refractivity contribution in [2.45, 2.75) is 13.3 Å². The number of rotatable bonds is 5. The molecule has 4 aromatic rings. The predicted molar refractivity (Wildman–Crippen MR) is 114 cm³/mol. The number of fused-ring (bicyclic) bond motifs is 1. The molecule has 2 aromatic heterocycles. The fourth-order valence-electron chi connectivity index (χ4n) is 2.82. The predicted octanol–water partition coefficient (Wildman–Crippen LogP) is 3.89. The van der Waals surface area contributed by atoms with Gasteiger partial charge in [-0.15, -0.1) is 0 Å². The zero-order valence-electron chi connectivity index (χ0n) is 15.5. The van der Waals surface area contributed by atoms with E-state index in [-0.39, 0.29) is 18.2 Å². The van der Waals surface area contributed by atoms with Crippen molar-refractivity contribution in [1.82, 2.24) is 15.0 Å². The van der Waals surface area contributed by atoms with Crippen LogP contribution in [0, 0.1) is 0 Å². The lowest BCUT2D eigenvalue weighted by Crippen LogP contribution is -2.15. The molecule has 2 heterocycles. The van der Waals surface area contributed by atoms with Crippen LogP contribution in [0.4, 0.5) is 10.9 Å². The molecule has 2 N–H and O–H groups in total. The molecule has 0 radical (unpaired) electrons. The van der Waals surface area contributed by atoms with Gasteiger partial charge in [-0.3, -0.25) is 14.6 Å². The minimum atomic E-state index is -0.158. The third kappa shape index (κ3) is 4.61. The van der Waals surface area contributed by atoms with Crippen LogP contribution in [-0.4, -0.2) is 26.8 Å². The van der Waals surface area contributed by atoms with E-state index in [1.165, 1.54) is 24.5 Å². The van der Waals surface area contributed by atoms with E-state index in [1.807, 2.05) is 48.5 Å². The average Bonchev–Trinajstić information content (AvgIpc) is 3.09. The normalized spacial score (nSPS) is 10.7. The largest absolute Gasteiger partial charge is 0.309 e. The van der Waals surface area contributed by atoms with Gasteiger partial charge in [-0.1, -0.05) is 47.7 Å². The maximum absolute atomic E-state index is 12.3. The highest BCUT2D eigenvalue weighted by atomic mass is 32.1. The fraction of sp³-hybridized carbons (Fsp3) is 0.0952. The first-order valence-electron chi connectivity index (χ1n) is 8.91. The minimum absolute atomic E-state index is 0.152. The van der Waals surface area contributed by atoms with Crippen LogP contribution in [0.15, 0.2) is 60.9 Å². The van der Waals surface area contributed by atoms with Crippen molar-refractivity contribution < 1.29 is 9.59 Å². The van der Waals surface area contributed by atoms with Gasteiger partial charge in [0.2, 0.25) is 11.8 Å². The molecule has 0 aliphatic heterocycles. The molecule has 2 amide bonds. The van der Waals surface area contributed by atoms with Gasteiger partial charge in [-0.05, 0) is 17.7 Å². The molecule has 0 aliphatic rings. The van der Waals surface area contributed by atoms with E-state index < -0.39 is 0 Å². The molecule has 29 heavy (non-hydrogen) atoms. The van der Waals surface area contributed by atoms with Crippen molar-refractivity contribution in [2.24, 2.45) is 0 Å². The molecule has 0 saturated heterocycles. The SMILES string of the molecule is CC(=O)Nc1nc2ccc(-c3cncc(NC(=O)Cc4ccccc4)n3)cc2s1. The van der Waals surface area contributed by atoms with Crippen molar-refractivity contribution in [1.29, 1.82) is 0 Å². The number of carbonyl (C=O) groups is 2. The number of anilines is 2. The standard InChI is InChI=1S/C21H17N5O2S/c1-13(27)23-21-25-16-8-7-15(10-18(16)29-21)17-11-22-12-19(24-17)26-20(28)9-14-5-3-2-4-6-14/h2-8,10-12H,9H2,1H3,(H,23,25,27)(H,24,26,28). The number of amides is 2. The van der Waals surface area contributed by atoms with Gasteiger partial charge < -0.3 is 10.6 Å². The highest BCUT2D eigenvalue weighted by Crippen LogP contribution is 2.30. The minimum Gasteiger partial charge on any atom is -0.309 e. The first-order valence-corrected chi connectivity index (χ1v) is 9.73. The Hall–Kier alpha value is -3.65. The molecular formula is C21H17N5O2S. The Morgan fingerprint density at radius 3 is 2.62 bits per heavy atom.